The summed E-state index contributed by atoms with van der Waals surface area (Å²) >= 11 is 3.22. The van der Waals surface area contributed by atoms with Crippen LogP contribution in [0.15, 0.2) is 22.8 Å². The first kappa shape index (κ1) is 12.1. The van der Waals surface area contributed by atoms with Gasteiger partial charge >= 0.3 is 0 Å². The monoisotopic (exact) mass is 272 g/mol. The van der Waals surface area contributed by atoms with Crippen LogP contribution in [0.4, 0.5) is 5.82 Å². The topological polar surface area (TPSA) is 51.2 Å². The number of halogens is 1. The standard InChI is InChI=1S/C10H13BrN2O2/c1-7(2)15-6-10(14)13-9-5-3-4-8(11)12-9/h3-5,7H,6H2,1-2H3,(H,12,13,14). The molecule has 0 unspecified atom stereocenters. The number of carbonyl (C=O) groups is 1. The lowest BCUT2D eigenvalue weighted by Gasteiger charge is -2.07. The van der Waals surface area contributed by atoms with Gasteiger partial charge in [0, 0.05) is 0 Å². The minimum absolute atomic E-state index is 0.0474. The molecule has 0 aliphatic heterocycles. The molecule has 1 aromatic rings. The van der Waals surface area contributed by atoms with Crippen molar-refractivity contribution < 1.29 is 9.53 Å². The number of nitrogens with zero attached hydrogens (tertiary/aromatic N) is 1. The largest absolute Gasteiger partial charge is 0.369 e. The Labute approximate surface area is 97.2 Å². The highest BCUT2D eigenvalue weighted by atomic mass is 79.9. The highest BCUT2D eigenvalue weighted by Crippen LogP contribution is 2.09. The minimum Gasteiger partial charge on any atom is -0.369 e. The Morgan fingerprint density at radius 2 is 2.33 bits per heavy atom. The van der Waals surface area contributed by atoms with Crippen molar-refractivity contribution in [2.45, 2.75) is 20.0 Å². The molecule has 0 saturated heterocycles. The average molecular weight is 273 g/mol. The van der Waals surface area contributed by atoms with Gasteiger partial charge in [0.15, 0.2) is 0 Å². The van der Waals surface area contributed by atoms with Crippen LogP contribution in [-0.2, 0) is 9.53 Å². The minimum atomic E-state index is -0.200. The zero-order valence-corrected chi connectivity index (χ0v) is 10.2. The number of hydrogen-bond acceptors (Lipinski definition) is 3. The second-order valence-corrected chi connectivity index (χ2v) is 4.07. The van der Waals surface area contributed by atoms with Gasteiger partial charge in [-0.25, -0.2) is 4.98 Å². The zero-order chi connectivity index (χ0) is 11.3. The van der Waals surface area contributed by atoms with Crippen molar-refractivity contribution in [1.29, 1.82) is 0 Å². The summed E-state index contributed by atoms with van der Waals surface area (Å²) in [5.74, 6) is 0.316. The second kappa shape index (κ2) is 5.82. The van der Waals surface area contributed by atoms with Crippen LogP contribution in [-0.4, -0.2) is 23.6 Å². The summed E-state index contributed by atoms with van der Waals surface area (Å²) in [6.07, 6.45) is 0.0474. The SMILES string of the molecule is CC(C)OCC(=O)Nc1cccc(Br)n1. The number of hydrogen-bond donors (Lipinski definition) is 1. The number of aromatic nitrogens is 1. The van der Waals surface area contributed by atoms with Crippen LogP contribution in [0.3, 0.4) is 0 Å². The van der Waals surface area contributed by atoms with Crippen molar-refractivity contribution in [2.75, 3.05) is 11.9 Å². The van der Waals surface area contributed by atoms with Gasteiger partial charge in [-0.05, 0) is 41.9 Å². The maximum absolute atomic E-state index is 11.3. The normalized spacial score (nSPS) is 10.4. The molecule has 1 heterocycles. The van der Waals surface area contributed by atoms with Crippen molar-refractivity contribution in [3.63, 3.8) is 0 Å². The molecule has 0 radical (unpaired) electrons. The summed E-state index contributed by atoms with van der Waals surface area (Å²) in [4.78, 5) is 15.4. The van der Waals surface area contributed by atoms with Crippen LogP contribution in [0.25, 0.3) is 0 Å². The van der Waals surface area contributed by atoms with E-state index in [2.05, 4.69) is 26.2 Å². The van der Waals surface area contributed by atoms with Crippen molar-refractivity contribution >= 4 is 27.7 Å². The van der Waals surface area contributed by atoms with E-state index in [1.165, 1.54) is 0 Å². The molecular weight excluding hydrogens is 260 g/mol. The maximum Gasteiger partial charge on any atom is 0.251 e. The number of anilines is 1. The van der Waals surface area contributed by atoms with E-state index in [0.717, 1.165) is 0 Å². The van der Waals surface area contributed by atoms with Crippen LogP contribution in [0, 0.1) is 0 Å². The smallest absolute Gasteiger partial charge is 0.251 e. The van der Waals surface area contributed by atoms with Gasteiger partial charge in [-0.1, -0.05) is 6.07 Å². The first-order valence-electron chi connectivity index (χ1n) is 4.62. The molecule has 0 spiro atoms. The first-order valence-corrected chi connectivity index (χ1v) is 5.41. The summed E-state index contributed by atoms with van der Waals surface area (Å²) in [6.45, 7) is 3.81. The first-order chi connectivity index (χ1) is 7.08. The Balaban J connectivity index is 2.44. The Morgan fingerprint density at radius 1 is 1.60 bits per heavy atom. The summed E-state index contributed by atoms with van der Waals surface area (Å²) in [7, 11) is 0. The lowest BCUT2D eigenvalue weighted by atomic mass is 10.4. The van der Waals surface area contributed by atoms with Crippen molar-refractivity contribution in [3.8, 4) is 0 Å². The van der Waals surface area contributed by atoms with Crippen molar-refractivity contribution in [1.82, 2.24) is 4.98 Å². The number of nitrogens with one attached hydrogen (secondary N) is 1. The molecule has 0 aromatic carbocycles. The number of ether oxygens (including phenoxy) is 1. The van der Waals surface area contributed by atoms with E-state index >= 15 is 0 Å². The molecule has 0 atom stereocenters. The molecule has 1 aromatic heterocycles. The van der Waals surface area contributed by atoms with Gasteiger partial charge in [0.25, 0.3) is 5.91 Å². The molecule has 0 fully saturated rings. The van der Waals surface area contributed by atoms with Gasteiger partial charge in [0.05, 0.1) is 6.10 Å². The molecule has 1 amide bonds. The number of rotatable bonds is 4. The molecule has 0 bridgehead atoms. The Bertz CT molecular complexity index is 342. The fourth-order valence-corrected chi connectivity index (χ4v) is 1.24. The summed E-state index contributed by atoms with van der Waals surface area (Å²) in [6, 6.07) is 5.31. The summed E-state index contributed by atoms with van der Waals surface area (Å²) in [5, 5.41) is 2.63. The van der Waals surface area contributed by atoms with Gasteiger partial charge in [-0.3, -0.25) is 4.79 Å². The molecular formula is C10H13BrN2O2. The van der Waals surface area contributed by atoms with Gasteiger partial charge in [-0.15, -0.1) is 0 Å². The fraction of sp³-hybridized carbons (Fsp3) is 0.400. The van der Waals surface area contributed by atoms with E-state index in [0.29, 0.717) is 10.4 Å². The lowest BCUT2D eigenvalue weighted by molar-refractivity contribution is -0.121. The van der Waals surface area contributed by atoms with Crippen LogP contribution in [0.1, 0.15) is 13.8 Å². The molecule has 0 saturated carbocycles. The molecule has 1 N–H and O–H groups in total. The zero-order valence-electron chi connectivity index (χ0n) is 8.66. The van der Waals surface area contributed by atoms with Gasteiger partial charge < -0.3 is 10.1 Å². The molecule has 5 heteroatoms. The third-order valence-electron chi connectivity index (χ3n) is 1.53. The third-order valence-corrected chi connectivity index (χ3v) is 1.97. The highest BCUT2D eigenvalue weighted by Gasteiger charge is 2.04. The molecule has 1 rings (SSSR count). The Kier molecular flexibility index (Phi) is 4.71. The van der Waals surface area contributed by atoms with Gasteiger partial charge in [-0.2, -0.15) is 0 Å². The van der Waals surface area contributed by atoms with E-state index < -0.39 is 0 Å². The lowest BCUT2D eigenvalue weighted by Crippen LogP contribution is -2.21. The quantitative estimate of drug-likeness (QED) is 0.856. The number of carbonyl (C=O) groups excluding carboxylic acids is 1. The van der Waals surface area contributed by atoms with Crippen molar-refractivity contribution in [3.05, 3.63) is 22.8 Å². The predicted molar refractivity (Wildman–Crippen MR) is 61.7 cm³/mol. The summed E-state index contributed by atoms with van der Waals surface area (Å²) in [5.41, 5.74) is 0. The second-order valence-electron chi connectivity index (χ2n) is 3.25. The van der Waals surface area contributed by atoms with Crippen molar-refractivity contribution in [2.24, 2.45) is 0 Å². The van der Waals surface area contributed by atoms with Crippen LogP contribution in [0.2, 0.25) is 0 Å². The molecule has 0 aliphatic rings. The van der Waals surface area contributed by atoms with E-state index in [4.69, 9.17) is 4.74 Å². The van der Waals surface area contributed by atoms with Gasteiger partial charge in [0.1, 0.15) is 17.0 Å². The molecule has 82 valence electrons. The van der Waals surface area contributed by atoms with E-state index in [9.17, 15) is 4.79 Å². The van der Waals surface area contributed by atoms with Crippen LogP contribution in [0.5, 0.6) is 0 Å². The van der Waals surface area contributed by atoms with Crippen LogP contribution >= 0.6 is 15.9 Å². The molecule has 0 aliphatic carbocycles. The highest BCUT2D eigenvalue weighted by molar-refractivity contribution is 9.10. The van der Waals surface area contributed by atoms with E-state index in [-0.39, 0.29) is 18.6 Å². The average Bonchev–Trinajstić information content (AvgIpc) is 2.15. The van der Waals surface area contributed by atoms with Gasteiger partial charge in [0.2, 0.25) is 0 Å². The molecule has 15 heavy (non-hydrogen) atoms. The third kappa shape index (κ3) is 4.90. The molecule has 4 nitrogen and oxygen atoms in total. The predicted octanol–water partition coefficient (Wildman–Crippen LogP) is 2.21. The fourth-order valence-electron chi connectivity index (χ4n) is 0.899. The number of pyridine rings is 1. The number of amides is 1. The van der Waals surface area contributed by atoms with E-state index in [1.54, 1.807) is 18.2 Å². The summed E-state index contributed by atoms with van der Waals surface area (Å²) < 4.78 is 5.84. The Hall–Kier alpha value is -0.940. The maximum atomic E-state index is 11.3. The Morgan fingerprint density at radius 3 is 2.93 bits per heavy atom. The van der Waals surface area contributed by atoms with E-state index in [1.807, 2.05) is 13.8 Å². The van der Waals surface area contributed by atoms with Crippen LogP contribution < -0.4 is 5.32 Å².